The molecule has 0 spiro atoms. The van der Waals surface area contributed by atoms with Gasteiger partial charge in [-0.25, -0.2) is 4.39 Å². The van der Waals surface area contributed by atoms with Crippen LogP contribution in [0.25, 0.3) is 0 Å². The molecule has 0 fully saturated rings. The second-order valence-electron chi connectivity index (χ2n) is 3.70. The normalized spacial score (nSPS) is 9.79. The molecule has 19 heavy (non-hydrogen) atoms. The van der Waals surface area contributed by atoms with Crippen molar-refractivity contribution in [2.24, 2.45) is 0 Å². The van der Waals surface area contributed by atoms with Crippen LogP contribution in [0.1, 0.15) is 17.5 Å². The van der Waals surface area contributed by atoms with Gasteiger partial charge in [0, 0.05) is 23.9 Å². The summed E-state index contributed by atoms with van der Waals surface area (Å²) in [5, 5.41) is 3.55. The third-order valence-corrected chi connectivity index (χ3v) is 2.46. The molecule has 0 unspecified atom stereocenters. The number of benzene rings is 1. The van der Waals surface area contributed by atoms with E-state index in [-0.39, 0.29) is 6.61 Å². The van der Waals surface area contributed by atoms with Crippen molar-refractivity contribution in [3.05, 3.63) is 47.6 Å². The van der Waals surface area contributed by atoms with Crippen molar-refractivity contribution in [1.82, 2.24) is 5.16 Å². The molecule has 1 heterocycles. The molecular weight excluding hydrogens is 269 g/mol. The van der Waals surface area contributed by atoms with Crippen LogP contribution in [0.15, 0.2) is 35.2 Å². The highest BCUT2D eigenvalue weighted by molar-refractivity contribution is 6.18. The van der Waals surface area contributed by atoms with Gasteiger partial charge in [-0.3, -0.25) is 0 Å². The van der Waals surface area contributed by atoms with Crippen molar-refractivity contribution in [2.45, 2.75) is 13.0 Å². The zero-order valence-corrected chi connectivity index (χ0v) is 10.8. The maximum absolute atomic E-state index is 13.7. The summed E-state index contributed by atoms with van der Waals surface area (Å²) in [6.45, 7) is 0.278. The van der Waals surface area contributed by atoms with Gasteiger partial charge in [-0.05, 0) is 12.1 Å². The van der Waals surface area contributed by atoms with E-state index in [1.54, 1.807) is 18.3 Å². The molecule has 0 bridgehead atoms. The first-order valence-electron chi connectivity index (χ1n) is 5.65. The number of hydrogen-bond acceptors (Lipinski definition) is 3. The Morgan fingerprint density at radius 3 is 3.00 bits per heavy atom. The van der Waals surface area contributed by atoms with Crippen LogP contribution in [0.2, 0.25) is 0 Å². The van der Waals surface area contributed by atoms with Gasteiger partial charge in [0.1, 0.15) is 24.4 Å². The fourth-order valence-corrected chi connectivity index (χ4v) is 1.45. The molecule has 0 atom stereocenters. The van der Waals surface area contributed by atoms with Gasteiger partial charge in [-0.2, -0.15) is 0 Å². The number of alkyl halides is 1. The van der Waals surface area contributed by atoms with Crippen molar-refractivity contribution in [1.29, 1.82) is 0 Å². The van der Waals surface area contributed by atoms with Gasteiger partial charge in [0.25, 0.3) is 0 Å². The lowest BCUT2D eigenvalue weighted by atomic mass is 10.2. The van der Waals surface area contributed by atoms with Crippen LogP contribution < -0.4 is 4.74 Å². The maximum atomic E-state index is 13.7. The number of rotatable bonds is 4. The number of ether oxygens (including phenoxy) is 1. The highest BCUT2D eigenvalue weighted by Gasteiger charge is 2.03. The monoisotopic (exact) mass is 279 g/mol. The van der Waals surface area contributed by atoms with Crippen LogP contribution in [-0.2, 0) is 6.61 Å². The van der Waals surface area contributed by atoms with E-state index in [0.717, 1.165) is 5.56 Å². The van der Waals surface area contributed by atoms with Crippen molar-refractivity contribution in [3.8, 4) is 17.6 Å². The minimum atomic E-state index is -0.412. The Kier molecular flexibility index (Phi) is 4.82. The highest BCUT2D eigenvalue weighted by Crippen LogP contribution is 2.17. The van der Waals surface area contributed by atoms with E-state index in [1.165, 1.54) is 12.3 Å². The fraction of sp³-hybridized carbons (Fsp3) is 0.214. The van der Waals surface area contributed by atoms with Crippen LogP contribution in [0, 0.1) is 17.7 Å². The van der Waals surface area contributed by atoms with Crippen molar-refractivity contribution in [3.63, 3.8) is 0 Å². The van der Waals surface area contributed by atoms with E-state index in [4.69, 9.17) is 16.3 Å². The number of hydrogen-bond donors (Lipinski definition) is 0. The molecule has 5 heteroatoms. The molecule has 0 saturated heterocycles. The summed E-state index contributed by atoms with van der Waals surface area (Å²) in [6.07, 6.45) is 3.55. The van der Waals surface area contributed by atoms with E-state index in [1.807, 2.05) is 0 Å². The lowest BCUT2D eigenvalue weighted by molar-refractivity contribution is 0.302. The van der Waals surface area contributed by atoms with E-state index in [2.05, 4.69) is 21.5 Å². The molecule has 2 aromatic rings. The van der Waals surface area contributed by atoms with Crippen LogP contribution in [0.5, 0.6) is 5.75 Å². The number of halogens is 2. The summed E-state index contributed by atoms with van der Waals surface area (Å²) in [6, 6.07) is 4.55. The second-order valence-corrected chi connectivity index (χ2v) is 4.08. The van der Waals surface area contributed by atoms with Crippen LogP contribution in [-0.4, -0.2) is 11.0 Å². The SMILES string of the molecule is Fc1cc(OCc2cnoc2)ccc1C#CCCCl. The van der Waals surface area contributed by atoms with Gasteiger partial charge in [0.05, 0.1) is 11.8 Å². The smallest absolute Gasteiger partial charge is 0.142 e. The van der Waals surface area contributed by atoms with Crippen LogP contribution in [0.4, 0.5) is 4.39 Å². The topological polar surface area (TPSA) is 35.3 Å². The maximum Gasteiger partial charge on any atom is 0.142 e. The summed E-state index contributed by atoms with van der Waals surface area (Å²) in [5.41, 5.74) is 1.12. The molecule has 0 aliphatic rings. The molecule has 1 aromatic heterocycles. The Morgan fingerprint density at radius 2 is 2.32 bits per heavy atom. The van der Waals surface area contributed by atoms with E-state index < -0.39 is 5.82 Å². The Bertz CT molecular complexity index is 587. The van der Waals surface area contributed by atoms with Gasteiger partial charge in [0.15, 0.2) is 0 Å². The average Bonchev–Trinajstić information content (AvgIpc) is 2.92. The Morgan fingerprint density at radius 1 is 1.42 bits per heavy atom. The third kappa shape index (κ3) is 4.01. The van der Waals surface area contributed by atoms with E-state index in [0.29, 0.717) is 23.6 Å². The van der Waals surface area contributed by atoms with Crippen LogP contribution in [0.3, 0.4) is 0 Å². The van der Waals surface area contributed by atoms with E-state index in [9.17, 15) is 4.39 Å². The standard InChI is InChI=1S/C14H11ClFNO2/c15-6-2-1-3-12-4-5-13(7-14(12)16)18-9-11-8-17-19-10-11/h4-5,7-8,10H,2,6,9H2. The van der Waals surface area contributed by atoms with Gasteiger partial charge in [-0.15, -0.1) is 11.6 Å². The van der Waals surface area contributed by atoms with Crippen molar-refractivity contribution < 1.29 is 13.7 Å². The predicted molar refractivity (Wildman–Crippen MR) is 69.5 cm³/mol. The third-order valence-electron chi connectivity index (χ3n) is 2.27. The zero-order chi connectivity index (χ0) is 13.5. The molecule has 0 amide bonds. The van der Waals surface area contributed by atoms with Gasteiger partial charge in [-0.1, -0.05) is 17.0 Å². The zero-order valence-electron chi connectivity index (χ0n) is 10.0. The molecule has 0 radical (unpaired) electrons. The summed E-state index contributed by atoms with van der Waals surface area (Å²) in [4.78, 5) is 0. The van der Waals surface area contributed by atoms with Gasteiger partial charge in [0.2, 0.25) is 0 Å². The Labute approximate surface area is 115 Å². The van der Waals surface area contributed by atoms with Gasteiger partial charge >= 0.3 is 0 Å². The average molecular weight is 280 g/mol. The van der Waals surface area contributed by atoms with Crippen molar-refractivity contribution >= 4 is 11.6 Å². The number of nitrogens with zero attached hydrogens (tertiary/aromatic N) is 1. The first kappa shape index (κ1) is 13.4. The molecule has 3 nitrogen and oxygen atoms in total. The minimum absolute atomic E-state index is 0.278. The number of aromatic nitrogens is 1. The summed E-state index contributed by atoms with van der Waals surface area (Å²) in [7, 11) is 0. The molecule has 0 saturated carbocycles. The quantitative estimate of drug-likeness (QED) is 0.636. The first-order chi connectivity index (χ1) is 9.29. The largest absolute Gasteiger partial charge is 0.489 e. The Hall–Kier alpha value is -1.99. The van der Waals surface area contributed by atoms with E-state index >= 15 is 0 Å². The molecule has 2 rings (SSSR count). The molecule has 1 aromatic carbocycles. The first-order valence-corrected chi connectivity index (χ1v) is 6.18. The second kappa shape index (κ2) is 6.81. The minimum Gasteiger partial charge on any atom is -0.489 e. The predicted octanol–water partition coefficient (Wildman–Crippen LogP) is 3.37. The molecule has 0 aliphatic heterocycles. The Balaban J connectivity index is 2.00. The molecule has 0 N–H and O–H groups in total. The summed E-state index contributed by atoms with van der Waals surface area (Å²) >= 11 is 5.49. The highest BCUT2D eigenvalue weighted by atomic mass is 35.5. The van der Waals surface area contributed by atoms with Gasteiger partial charge < -0.3 is 9.26 Å². The lowest BCUT2D eigenvalue weighted by Crippen LogP contribution is -1.95. The summed E-state index contributed by atoms with van der Waals surface area (Å²) in [5.74, 6) is 5.96. The van der Waals surface area contributed by atoms with Crippen molar-refractivity contribution in [2.75, 3.05) is 5.88 Å². The summed E-state index contributed by atoms with van der Waals surface area (Å²) < 4.78 is 23.8. The molecule has 98 valence electrons. The molecular formula is C14H11ClFNO2. The fourth-order valence-electron chi connectivity index (χ4n) is 1.36. The molecule has 0 aliphatic carbocycles. The lowest BCUT2D eigenvalue weighted by Gasteiger charge is -2.04. The van der Waals surface area contributed by atoms with Crippen LogP contribution >= 0.6 is 11.6 Å².